The van der Waals surface area contributed by atoms with Crippen molar-refractivity contribution in [3.05, 3.63) is 18.2 Å². The number of nitrogens with one attached hydrogen (secondary N) is 2. The highest BCUT2D eigenvalue weighted by atomic mass is 32.2. The Morgan fingerprint density at radius 1 is 1.37 bits per heavy atom. The first-order valence-electron chi connectivity index (χ1n) is 8.68. The van der Waals surface area contributed by atoms with Crippen molar-refractivity contribution in [1.29, 1.82) is 0 Å². The number of rotatable bonds is 4. The third-order valence-corrected chi connectivity index (χ3v) is 5.99. The Labute approximate surface area is 157 Å². The van der Waals surface area contributed by atoms with Gasteiger partial charge >= 0.3 is 0 Å². The van der Waals surface area contributed by atoms with E-state index in [2.05, 4.69) is 5.32 Å². The predicted molar refractivity (Wildman–Crippen MR) is 95.5 cm³/mol. The van der Waals surface area contributed by atoms with E-state index in [1.165, 1.54) is 30.0 Å². The van der Waals surface area contributed by atoms with Crippen LogP contribution < -0.4 is 14.8 Å². The minimum atomic E-state index is -4.16. The molecule has 0 aliphatic carbocycles. The lowest BCUT2D eigenvalue weighted by Crippen LogP contribution is -2.46. The number of benzene rings is 1. The average molecular weight is 395 g/mol. The van der Waals surface area contributed by atoms with Gasteiger partial charge in [-0.1, -0.05) is 6.92 Å². The van der Waals surface area contributed by atoms with Gasteiger partial charge in [-0.05, 0) is 37.5 Å². The molecule has 2 atom stereocenters. The number of nitrogens with zero attached hydrogens (tertiary/aromatic N) is 1. The number of anilines is 1. The van der Waals surface area contributed by atoms with Crippen molar-refractivity contribution in [1.82, 2.24) is 9.62 Å². The number of ether oxygens (including phenoxy) is 1. The fraction of sp³-hybridized carbons (Fsp3) is 0.471. The largest absolute Gasteiger partial charge is 0.478 e. The van der Waals surface area contributed by atoms with Crippen LogP contribution in [0.4, 0.5) is 5.69 Å². The topological polar surface area (TPSA) is 122 Å². The molecule has 1 aromatic rings. The molecule has 9 nitrogen and oxygen atoms in total. The average Bonchev–Trinajstić information content (AvgIpc) is 3.10. The Morgan fingerprint density at radius 3 is 2.78 bits per heavy atom. The number of carbonyl (C=O) groups excluding carboxylic acids is 3. The van der Waals surface area contributed by atoms with E-state index in [0.29, 0.717) is 31.6 Å². The van der Waals surface area contributed by atoms with Crippen LogP contribution in [0.1, 0.15) is 33.1 Å². The Hall–Kier alpha value is -2.62. The fourth-order valence-corrected chi connectivity index (χ4v) is 4.28. The molecule has 0 radical (unpaired) electrons. The third-order valence-electron chi connectivity index (χ3n) is 4.65. The minimum Gasteiger partial charge on any atom is -0.478 e. The summed E-state index contributed by atoms with van der Waals surface area (Å²) in [5.74, 6) is -1.01. The summed E-state index contributed by atoms with van der Waals surface area (Å²) >= 11 is 0. The Bertz CT molecular complexity index is 898. The molecule has 3 amide bonds. The van der Waals surface area contributed by atoms with E-state index in [-0.39, 0.29) is 22.4 Å². The summed E-state index contributed by atoms with van der Waals surface area (Å²) in [6.45, 7) is 3.57. The molecule has 27 heavy (non-hydrogen) atoms. The first-order valence-corrected chi connectivity index (χ1v) is 10.2. The van der Waals surface area contributed by atoms with E-state index in [1.54, 1.807) is 6.92 Å². The highest BCUT2D eigenvalue weighted by molar-refractivity contribution is 7.90. The monoisotopic (exact) mass is 395 g/mol. The second-order valence-electron chi connectivity index (χ2n) is 6.50. The molecular formula is C17H21N3O6S. The third kappa shape index (κ3) is 3.75. The van der Waals surface area contributed by atoms with Crippen LogP contribution in [0.3, 0.4) is 0 Å². The first kappa shape index (κ1) is 19.2. The fourth-order valence-electron chi connectivity index (χ4n) is 3.24. The molecule has 1 aromatic carbocycles. The van der Waals surface area contributed by atoms with Gasteiger partial charge in [0.1, 0.15) is 11.8 Å². The molecule has 2 aliphatic heterocycles. The van der Waals surface area contributed by atoms with E-state index in [1.807, 2.05) is 4.72 Å². The standard InChI is InChI=1S/C17H21N3O6S/c1-3-14-17(23)18-12-9-11(6-7-15(12)26-14)27(24,25)19-16(22)13-5-4-8-20(13)10(2)21/h6-7,9,13-14H,3-5,8H2,1-2H3,(H,18,23)(H,19,22)/t13-,14+/m0/s1. The summed E-state index contributed by atoms with van der Waals surface area (Å²) in [6, 6.07) is 3.18. The molecule has 0 unspecified atom stereocenters. The second kappa shape index (κ2) is 7.18. The van der Waals surface area contributed by atoms with Crippen LogP contribution in [0, 0.1) is 0 Å². The highest BCUT2D eigenvalue weighted by Gasteiger charge is 2.35. The Morgan fingerprint density at radius 2 is 2.11 bits per heavy atom. The van der Waals surface area contributed by atoms with Gasteiger partial charge in [0.15, 0.2) is 6.10 Å². The number of sulfonamides is 1. The van der Waals surface area contributed by atoms with Crippen molar-refractivity contribution in [2.45, 2.75) is 50.2 Å². The van der Waals surface area contributed by atoms with Crippen LogP contribution in [0.25, 0.3) is 0 Å². The van der Waals surface area contributed by atoms with Crippen LogP contribution >= 0.6 is 0 Å². The molecule has 0 bridgehead atoms. The van der Waals surface area contributed by atoms with Crippen molar-refractivity contribution < 1.29 is 27.5 Å². The first-order chi connectivity index (χ1) is 12.7. The summed E-state index contributed by atoms with van der Waals surface area (Å²) in [6.07, 6.45) is 0.904. The summed E-state index contributed by atoms with van der Waals surface area (Å²) in [5, 5.41) is 2.61. The maximum atomic E-state index is 12.6. The molecule has 0 aromatic heterocycles. The molecular weight excluding hydrogens is 374 g/mol. The number of fused-ring (bicyclic) bond motifs is 1. The second-order valence-corrected chi connectivity index (χ2v) is 8.18. The zero-order valence-corrected chi connectivity index (χ0v) is 15.8. The molecule has 2 aliphatic rings. The molecule has 1 saturated heterocycles. The van der Waals surface area contributed by atoms with Crippen LogP contribution in [0.5, 0.6) is 5.75 Å². The maximum Gasteiger partial charge on any atom is 0.265 e. The molecule has 10 heteroatoms. The molecule has 1 fully saturated rings. The van der Waals surface area contributed by atoms with Gasteiger partial charge in [0, 0.05) is 13.5 Å². The Kier molecular flexibility index (Phi) is 5.09. The van der Waals surface area contributed by atoms with Gasteiger partial charge in [0.05, 0.1) is 10.6 Å². The molecule has 3 rings (SSSR count). The molecule has 146 valence electrons. The Balaban J connectivity index is 1.80. The zero-order chi connectivity index (χ0) is 19.8. The van der Waals surface area contributed by atoms with E-state index < -0.39 is 28.1 Å². The lowest BCUT2D eigenvalue weighted by Gasteiger charge is -2.25. The van der Waals surface area contributed by atoms with Gasteiger partial charge in [-0.2, -0.15) is 0 Å². The van der Waals surface area contributed by atoms with Crippen molar-refractivity contribution in [3.8, 4) is 5.75 Å². The van der Waals surface area contributed by atoms with Crippen molar-refractivity contribution in [2.24, 2.45) is 0 Å². The maximum absolute atomic E-state index is 12.6. The number of likely N-dealkylation sites (tertiary alicyclic amines) is 1. The van der Waals surface area contributed by atoms with Crippen molar-refractivity contribution >= 4 is 33.4 Å². The van der Waals surface area contributed by atoms with Crippen LogP contribution in [0.15, 0.2) is 23.1 Å². The van der Waals surface area contributed by atoms with Gasteiger partial charge < -0.3 is 15.0 Å². The summed E-state index contributed by atoms with van der Waals surface area (Å²) in [4.78, 5) is 37.1. The number of carbonyl (C=O) groups is 3. The molecule has 2 N–H and O–H groups in total. The van der Waals surface area contributed by atoms with Gasteiger partial charge in [-0.15, -0.1) is 0 Å². The van der Waals surface area contributed by atoms with Gasteiger partial charge in [0.25, 0.3) is 21.8 Å². The lowest BCUT2D eigenvalue weighted by atomic mass is 10.2. The van der Waals surface area contributed by atoms with E-state index >= 15 is 0 Å². The summed E-state index contributed by atoms with van der Waals surface area (Å²) in [5.41, 5.74) is 0.228. The SMILES string of the molecule is CC[C@H]1Oc2ccc(S(=O)(=O)NC(=O)[C@@H]3CCCN3C(C)=O)cc2NC1=O. The molecule has 0 spiro atoms. The molecule has 0 saturated carbocycles. The molecule has 2 heterocycles. The highest BCUT2D eigenvalue weighted by Crippen LogP contribution is 2.32. The number of hydrogen-bond acceptors (Lipinski definition) is 6. The van der Waals surface area contributed by atoms with Crippen LogP contribution in [-0.2, 0) is 24.4 Å². The van der Waals surface area contributed by atoms with E-state index in [4.69, 9.17) is 4.74 Å². The number of amides is 3. The van der Waals surface area contributed by atoms with Crippen LogP contribution in [-0.4, -0.2) is 49.7 Å². The van der Waals surface area contributed by atoms with Gasteiger partial charge in [-0.3, -0.25) is 14.4 Å². The quantitative estimate of drug-likeness (QED) is 0.770. The predicted octanol–water partition coefficient (Wildman–Crippen LogP) is 0.612. The van der Waals surface area contributed by atoms with Gasteiger partial charge in [0.2, 0.25) is 5.91 Å². The van der Waals surface area contributed by atoms with E-state index in [9.17, 15) is 22.8 Å². The minimum absolute atomic E-state index is 0.180. The van der Waals surface area contributed by atoms with Crippen molar-refractivity contribution in [2.75, 3.05) is 11.9 Å². The summed E-state index contributed by atoms with van der Waals surface area (Å²) < 4.78 is 32.7. The number of hydrogen-bond donors (Lipinski definition) is 2. The van der Waals surface area contributed by atoms with Gasteiger partial charge in [-0.25, -0.2) is 13.1 Å². The summed E-state index contributed by atoms with van der Waals surface area (Å²) in [7, 11) is -4.16. The normalized spacial score (nSPS) is 21.9. The van der Waals surface area contributed by atoms with Crippen molar-refractivity contribution in [3.63, 3.8) is 0 Å². The smallest absolute Gasteiger partial charge is 0.265 e. The lowest BCUT2D eigenvalue weighted by molar-refractivity contribution is -0.136. The van der Waals surface area contributed by atoms with Crippen LogP contribution in [0.2, 0.25) is 0 Å². The van der Waals surface area contributed by atoms with E-state index in [0.717, 1.165) is 0 Å². The zero-order valence-electron chi connectivity index (χ0n) is 15.0.